The van der Waals surface area contributed by atoms with Gasteiger partial charge in [0.15, 0.2) is 5.82 Å². The van der Waals surface area contributed by atoms with Gasteiger partial charge in [0.1, 0.15) is 11.3 Å². The predicted molar refractivity (Wildman–Crippen MR) is 79.7 cm³/mol. The number of rotatable bonds is 2. The number of benzene rings is 2. The van der Waals surface area contributed by atoms with Crippen molar-refractivity contribution in [3.05, 3.63) is 48.0 Å². The van der Waals surface area contributed by atoms with Crippen LogP contribution in [-0.4, -0.2) is 23.6 Å². The number of hydrogen-bond donors (Lipinski definition) is 1. The lowest BCUT2D eigenvalue weighted by atomic mass is 10.2. The van der Waals surface area contributed by atoms with E-state index in [9.17, 15) is 8.78 Å². The summed E-state index contributed by atoms with van der Waals surface area (Å²) in [6.07, 6.45) is 0. The predicted octanol–water partition coefficient (Wildman–Crippen LogP) is 2.95. The SMILES string of the molecule is CN(C)c1cccc(-n2c(N)nc3c(F)cc(F)cc32)c1. The highest BCUT2D eigenvalue weighted by Gasteiger charge is 2.15. The van der Waals surface area contributed by atoms with Crippen molar-refractivity contribution in [1.82, 2.24) is 9.55 Å². The Balaban J connectivity index is 2.29. The van der Waals surface area contributed by atoms with Crippen LogP contribution in [-0.2, 0) is 0 Å². The minimum Gasteiger partial charge on any atom is -0.378 e. The van der Waals surface area contributed by atoms with Crippen LogP contribution in [0.15, 0.2) is 36.4 Å². The highest BCUT2D eigenvalue weighted by molar-refractivity contribution is 5.81. The van der Waals surface area contributed by atoms with Crippen LogP contribution < -0.4 is 10.6 Å². The lowest BCUT2D eigenvalue weighted by Crippen LogP contribution is -2.09. The summed E-state index contributed by atoms with van der Waals surface area (Å²) < 4.78 is 28.8. The average molecular weight is 288 g/mol. The van der Waals surface area contributed by atoms with Gasteiger partial charge < -0.3 is 10.6 Å². The van der Waals surface area contributed by atoms with Crippen LogP contribution in [0.3, 0.4) is 0 Å². The zero-order chi connectivity index (χ0) is 15.1. The van der Waals surface area contributed by atoms with Gasteiger partial charge in [-0.15, -0.1) is 0 Å². The average Bonchev–Trinajstić information content (AvgIpc) is 2.75. The third kappa shape index (κ3) is 2.18. The summed E-state index contributed by atoms with van der Waals surface area (Å²) in [6, 6.07) is 9.50. The van der Waals surface area contributed by atoms with Crippen molar-refractivity contribution in [2.45, 2.75) is 0 Å². The van der Waals surface area contributed by atoms with Crippen LogP contribution in [0.4, 0.5) is 20.4 Å². The fourth-order valence-electron chi connectivity index (χ4n) is 2.30. The number of halogens is 2. The maximum absolute atomic E-state index is 13.8. The number of nitrogen functional groups attached to an aromatic ring is 1. The van der Waals surface area contributed by atoms with E-state index < -0.39 is 11.6 Å². The van der Waals surface area contributed by atoms with Crippen LogP contribution in [0.2, 0.25) is 0 Å². The van der Waals surface area contributed by atoms with Gasteiger partial charge in [0, 0.05) is 31.9 Å². The quantitative estimate of drug-likeness (QED) is 0.788. The Kier molecular flexibility index (Phi) is 3.01. The molecule has 0 aliphatic carbocycles. The van der Waals surface area contributed by atoms with Crippen molar-refractivity contribution in [2.24, 2.45) is 0 Å². The highest BCUT2D eigenvalue weighted by Crippen LogP contribution is 2.27. The van der Waals surface area contributed by atoms with Gasteiger partial charge >= 0.3 is 0 Å². The molecule has 3 rings (SSSR count). The fraction of sp³-hybridized carbons (Fsp3) is 0.133. The summed E-state index contributed by atoms with van der Waals surface area (Å²) in [5.41, 5.74) is 7.90. The summed E-state index contributed by atoms with van der Waals surface area (Å²) >= 11 is 0. The smallest absolute Gasteiger partial charge is 0.206 e. The first kappa shape index (κ1) is 13.4. The topological polar surface area (TPSA) is 47.1 Å². The molecule has 1 heterocycles. The fourth-order valence-corrected chi connectivity index (χ4v) is 2.30. The first-order valence-electron chi connectivity index (χ1n) is 6.38. The Morgan fingerprint density at radius 3 is 2.62 bits per heavy atom. The molecule has 0 aliphatic rings. The number of imidazole rings is 1. The number of anilines is 2. The Bertz CT molecular complexity index is 824. The van der Waals surface area contributed by atoms with Gasteiger partial charge in [0.05, 0.1) is 11.2 Å². The van der Waals surface area contributed by atoms with Crippen molar-refractivity contribution in [1.29, 1.82) is 0 Å². The second kappa shape index (κ2) is 4.73. The molecule has 0 radical (unpaired) electrons. The molecular formula is C15H14F2N4. The number of aromatic nitrogens is 2. The van der Waals surface area contributed by atoms with Crippen molar-refractivity contribution >= 4 is 22.7 Å². The summed E-state index contributed by atoms with van der Waals surface area (Å²) in [7, 11) is 3.82. The molecule has 6 heteroatoms. The van der Waals surface area contributed by atoms with Crippen molar-refractivity contribution in [3.8, 4) is 5.69 Å². The standard InChI is InChI=1S/C15H14F2N4/c1-20(2)10-4-3-5-11(8-10)21-13-7-9(16)6-12(17)14(13)19-15(21)18/h3-8H,1-2H3,(H2,18,19). The second-order valence-electron chi connectivity index (χ2n) is 4.98. The van der Waals surface area contributed by atoms with Gasteiger partial charge in [-0.25, -0.2) is 13.8 Å². The van der Waals surface area contributed by atoms with E-state index in [1.165, 1.54) is 10.6 Å². The first-order chi connectivity index (χ1) is 9.97. The van der Waals surface area contributed by atoms with Gasteiger partial charge in [-0.3, -0.25) is 4.57 Å². The Hall–Kier alpha value is -2.63. The minimum absolute atomic E-state index is 0.0594. The van der Waals surface area contributed by atoms with E-state index in [0.29, 0.717) is 11.2 Å². The Labute approximate surface area is 120 Å². The van der Waals surface area contributed by atoms with E-state index in [-0.39, 0.29) is 11.5 Å². The summed E-state index contributed by atoms with van der Waals surface area (Å²) in [5, 5.41) is 0. The molecule has 0 saturated heterocycles. The molecule has 0 saturated carbocycles. The molecule has 0 atom stereocenters. The zero-order valence-corrected chi connectivity index (χ0v) is 11.6. The van der Waals surface area contributed by atoms with E-state index in [1.807, 2.05) is 43.3 Å². The molecule has 2 aromatic carbocycles. The molecule has 0 amide bonds. The van der Waals surface area contributed by atoms with Crippen LogP contribution in [0.25, 0.3) is 16.7 Å². The molecule has 0 spiro atoms. The van der Waals surface area contributed by atoms with Gasteiger partial charge in [0.25, 0.3) is 0 Å². The zero-order valence-electron chi connectivity index (χ0n) is 11.6. The monoisotopic (exact) mass is 288 g/mol. The van der Waals surface area contributed by atoms with Crippen LogP contribution in [0.1, 0.15) is 0 Å². The third-order valence-electron chi connectivity index (χ3n) is 3.31. The lowest BCUT2D eigenvalue weighted by Gasteiger charge is -2.14. The Morgan fingerprint density at radius 2 is 1.90 bits per heavy atom. The van der Waals surface area contributed by atoms with Crippen molar-refractivity contribution in [2.75, 3.05) is 24.7 Å². The maximum Gasteiger partial charge on any atom is 0.206 e. The molecule has 21 heavy (non-hydrogen) atoms. The molecule has 0 unspecified atom stereocenters. The van der Waals surface area contributed by atoms with E-state index in [1.54, 1.807) is 0 Å². The number of hydrogen-bond acceptors (Lipinski definition) is 3. The minimum atomic E-state index is -0.723. The summed E-state index contributed by atoms with van der Waals surface area (Å²) in [5.74, 6) is -1.27. The molecule has 1 aromatic heterocycles. The first-order valence-corrected chi connectivity index (χ1v) is 6.38. The maximum atomic E-state index is 13.8. The molecule has 0 fully saturated rings. The summed E-state index contributed by atoms with van der Waals surface area (Å²) in [6.45, 7) is 0. The van der Waals surface area contributed by atoms with Gasteiger partial charge in [-0.2, -0.15) is 0 Å². The number of fused-ring (bicyclic) bond motifs is 1. The van der Waals surface area contributed by atoms with Gasteiger partial charge in [0.2, 0.25) is 5.95 Å². The Morgan fingerprint density at radius 1 is 1.14 bits per heavy atom. The number of nitrogens with two attached hydrogens (primary N) is 1. The molecular weight excluding hydrogens is 274 g/mol. The molecule has 4 nitrogen and oxygen atoms in total. The lowest BCUT2D eigenvalue weighted by molar-refractivity contribution is 0.590. The van der Waals surface area contributed by atoms with E-state index >= 15 is 0 Å². The van der Waals surface area contributed by atoms with E-state index in [4.69, 9.17) is 5.73 Å². The van der Waals surface area contributed by atoms with Crippen molar-refractivity contribution in [3.63, 3.8) is 0 Å². The van der Waals surface area contributed by atoms with Crippen LogP contribution in [0, 0.1) is 11.6 Å². The van der Waals surface area contributed by atoms with Gasteiger partial charge in [-0.05, 0) is 18.2 Å². The normalized spacial score (nSPS) is 11.0. The van der Waals surface area contributed by atoms with Crippen LogP contribution >= 0.6 is 0 Å². The third-order valence-corrected chi connectivity index (χ3v) is 3.31. The highest BCUT2D eigenvalue weighted by atomic mass is 19.1. The second-order valence-corrected chi connectivity index (χ2v) is 4.98. The molecule has 3 aromatic rings. The van der Waals surface area contributed by atoms with E-state index in [2.05, 4.69) is 4.98 Å². The van der Waals surface area contributed by atoms with Crippen molar-refractivity contribution < 1.29 is 8.78 Å². The largest absolute Gasteiger partial charge is 0.378 e. The van der Waals surface area contributed by atoms with Gasteiger partial charge in [-0.1, -0.05) is 6.07 Å². The molecule has 2 N–H and O–H groups in total. The summed E-state index contributed by atoms with van der Waals surface area (Å²) in [4.78, 5) is 5.92. The molecule has 0 aliphatic heterocycles. The van der Waals surface area contributed by atoms with Crippen LogP contribution in [0.5, 0.6) is 0 Å². The van der Waals surface area contributed by atoms with E-state index in [0.717, 1.165) is 11.8 Å². The molecule has 0 bridgehead atoms. The number of nitrogens with zero attached hydrogens (tertiary/aromatic N) is 3. The molecule has 108 valence electrons.